The van der Waals surface area contributed by atoms with E-state index in [0.29, 0.717) is 5.75 Å². The second-order valence-electron chi connectivity index (χ2n) is 6.00. The van der Waals surface area contributed by atoms with E-state index in [4.69, 9.17) is 14.0 Å². The van der Waals surface area contributed by atoms with Crippen LogP contribution in [0.5, 0.6) is 5.75 Å². The number of hydrogen-bond donors (Lipinski definition) is 0. The van der Waals surface area contributed by atoms with Gasteiger partial charge in [-0.25, -0.2) is 0 Å². The highest BCUT2D eigenvalue weighted by Gasteiger charge is 2.49. The molecule has 0 atom stereocenters. The maximum atomic E-state index is 10.8. The lowest BCUT2D eigenvalue weighted by Gasteiger charge is -2.32. The van der Waals surface area contributed by atoms with Crippen LogP contribution in [0.3, 0.4) is 0 Å². The highest BCUT2D eigenvalue weighted by molar-refractivity contribution is 6.52. The van der Waals surface area contributed by atoms with Gasteiger partial charge in [0, 0.05) is 6.92 Å². The zero-order valence-corrected chi connectivity index (χ0v) is 13.0. The third-order valence-corrected chi connectivity index (χ3v) is 3.72. The first-order valence-electron chi connectivity index (χ1n) is 6.88. The van der Waals surface area contributed by atoms with Crippen molar-refractivity contribution >= 4 is 19.2 Å². The third-order valence-electron chi connectivity index (χ3n) is 3.72. The standard InChI is InChI=1S/C15H20BNO4/c1-11(18)19-13-7-6-12(17-10-13)8-9-16-20-14(2,3)15(4,5)21-16/h6-10H,1-5H3/b9-8+. The molecule has 0 spiro atoms. The van der Waals surface area contributed by atoms with Crippen molar-refractivity contribution in [2.45, 2.75) is 45.8 Å². The summed E-state index contributed by atoms with van der Waals surface area (Å²) in [6.07, 6.45) is 3.32. The van der Waals surface area contributed by atoms with Gasteiger partial charge in [-0.05, 0) is 45.9 Å². The molecule has 21 heavy (non-hydrogen) atoms. The van der Waals surface area contributed by atoms with Gasteiger partial charge in [0.2, 0.25) is 0 Å². The van der Waals surface area contributed by atoms with Crippen LogP contribution in [0, 0.1) is 0 Å². The molecule has 0 bridgehead atoms. The highest BCUT2D eigenvalue weighted by atomic mass is 16.7. The highest BCUT2D eigenvalue weighted by Crippen LogP contribution is 2.36. The number of hydrogen-bond acceptors (Lipinski definition) is 5. The molecule has 1 aromatic heterocycles. The lowest BCUT2D eigenvalue weighted by Crippen LogP contribution is -2.41. The Bertz CT molecular complexity index is 535. The lowest BCUT2D eigenvalue weighted by atomic mass is 9.89. The molecule has 1 aromatic rings. The SMILES string of the molecule is CC(=O)Oc1ccc(/C=C/B2OC(C)(C)C(C)(C)O2)nc1. The number of esters is 1. The summed E-state index contributed by atoms with van der Waals surface area (Å²) in [5.41, 5.74) is 0.0316. The van der Waals surface area contributed by atoms with Gasteiger partial charge in [-0.1, -0.05) is 5.98 Å². The Morgan fingerprint density at radius 1 is 1.24 bits per heavy atom. The van der Waals surface area contributed by atoms with E-state index in [1.54, 1.807) is 12.1 Å². The predicted molar refractivity (Wildman–Crippen MR) is 80.7 cm³/mol. The van der Waals surface area contributed by atoms with Gasteiger partial charge >= 0.3 is 13.1 Å². The van der Waals surface area contributed by atoms with E-state index >= 15 is 0 Å². The Hall–Kier alpha value is -1.66. The number of carbonyl (C=O) groups is 1. The van der Waals surface area contributed by atoms with E-state index in [1.807, 2.05) is 39.7 Å². The largest absolute Gasteiger partial charge is 0.487 e. The Labute approximate surface area is 125 Å². The maximum absolute atomic E-state index is 10.8. The van der Waals surface area contributed by atoms with Crippen LogP contribution in [0.2, 0.25) is 0 Å². The summed E-state index contributed by atoms with van der Waals surface area (Å²) in [6.45, 7) is 9.38. The van der Waals surface area contributed by atoms with Gasteiger partial charge in [-0.2, -0.15) is 0 Å². The van der Waals surface area contributed by atoms with Crippen LogP contribution in [0.25, 0.3) is 6.08 Å². The Morgan fingerprint density at radius 2 is 1.86 bits per heavy atom. The average molecular weight is 289 g/mol. The molecule has 1 fully saturated rings. The van der Waals surface area contributed by atoms with Crippen molar-refractivity contribution in [1.29, 1.82) is 0 Å². The first kappa shape index (κ1) is 15.7. The smallest absolute Gasteiger partial charge is 0.425 e. The van der Waals surface area contributed by atoms with E-state index in [1.165, 1.54) is 13.1 Å². The summed E-state index contributed by atoms with van der Waals surface area (Å²) in [5, 5.41) is 0. The Balaban J connectivity index is 2.01. The average Bonchev–Trinajstić information content (AvgIpc) is 2.56. The van der Waals surface area contributed by atoms with Crippen LogP contribution in [0.4, 0.5) is 0 Å². The van der Waals surface area contributed by atoms with E-state index in [9.17, 15) is 4.79 Å². The maximum Gasteiger partial charge on any atom is 0.487 e. The Morgan fingerprint density at radius 3 is 2.33 bits per heavy atom. The van der Waals surface area contributed by atoms with E-state index in [-0.39, 0.29) is 17.2 Å². The normalized spacial score (nSPS) is 20.0. The fraction of sp³-hybridized carbons (Fsp3) is 0.467. The van der Waals surface area contributed by atoms with Crippen LogP contribution in [-0.4, -0.2) is 29.3 Å². The van der Waals surface area contributed by atoms with Crippen molar-refractivity contribution in [1.82, 2.24) is 4.98 Å². The molecule has 2 heterocycles. The molecule has 0 aromatic carbocycles. The molecule has 1 aliphatic rings. The fourth-order valence-electron chi connectivity index (χ4n) is 1.86. The molecule has 0 amide bonds. The van der Waals surface area contributed by atoms with E-state index < -0.39 is 7.12 Å². The quantitative estimate of drug-likeness (QED) is 0.632. The molecule has 2 rings (SSSR count). The zero-order chi connectivity index (χ0) is 15.7. The van der Waals surface area contributed by atoms with Gasteiger partial charge in [0.25, 0.3) is 0 Å². The number of aromatic nitrogens is 1. The van der Waals surface area contributed by atoms with Crippen LogP contribution < -0.4 is 4.74 Å². The van der Waals surface area contributed by atoms with Crippen molar-refractivity contribution in [2.24, 2.45) is 0 Å². The molecule has 6 heteroatoms. The minimum absolute atomic E-state index is 0.353. The molecular formula is C15H20BNO4. The minimum atomic E-state index is -0.398. The summed E-state index contributed by atoms with van der Waals surface area (Å²) in [7, 11) is -0.398. The lowest BCUT2D eigenvalue weighted by molar-refractivity contribution is -0.131. The number of pyridine rings is 1. The molecular weight excluding hydrogens is 269 g/mol. The van der Waals surface area contributed by atoms with Crippen LogP contribution in [-0.2, 0) is 14.1 Å². The first-order chi connectivity index (χ1) is 9.69. The predicted octanol–water partition coefficient (Wildman–Crippen LogP) is 2.65. The van der Waals surface area contributed by atoms with Gasteiger partial charge < -0.3 is 14.0 Å². The van der Waals surface area contributed by atoms with Gasteiger partial charge in [0.15, 0.2) is 0 Å². The number of ether oxygens (including phenoxy) is 1. The van der Waals surface area contributed by atoms with Gasteiger partial charge in [0.1, 0.15) is 5.75 Å². The number of rotatable bonds is 3. The van der Waals surface area contributed by atoms with Gasteiger partial charge in [0.05, 0.1) is 23.1 Å². The van der Waals surface area contributed by atoms with Crippen molar-refractivity contribution in [2.75, 3.05) is 0 Å². The van der Waals surface area contributed by atoms with Gasteiger partial charge in [-0.3, -0.25) is 9.78 Å². The molecule has 0 radical (unpaired) electrons. The second-order valence-corrected chi connectivity index (χ2v) is 6.00. The molecule has 0 saturated carbocycles. The topological polar surface area (TPSA) is 57.7 Å². The second kappa shape index (κ2) is 5.62. The molecule has 1 aliphatic heterocycles. The first-order valence-corrected chi connectivity index (χ1v) is 6.88. The molecule has 1 saturated heterocycles. The Kier molecular flexibility index (Phi) is 4.21. The fourth-order valence-corrected chi connectivity index (χ4v) is 1.86. The molecule has 0 N–H and O–H groups in total. The van der Waals surface area contributed by atoms with Crippen molar-refractivity contribution < 1.29 is 18.8 Å². The summed E-state index contributed by atoms with van der Waals surface area (Å²) < 4.78 is 16.6. The summed E-state index contributed by atoms with van der Waals surface area (Å²) in [4.78, 5) is 15.0. The molecule has 0 unspecified atom stereocenters. The minimum Gasteiger partial charge on any atom is -0.425 e. The number of carbonyl (C=O) groups excluding carboxylic acids is 1. The van der Waals surface area contributed by atoms with Crippen molar-refractivity contribution in [3.63, 3.8) is 0 Å². The summed E-state index contributed by atoms with van der Waals surface area (Å²) in [6, 6.07) is 3.46. The van der Waals surface area contributed by atoms with Crippen LogP contribution >= 0.6 is 0 Å². The van der Waals surface area contributed by atoms with Gasteiger partial charge in [-0.15, -0.1) is 0 Å². The molecule has 5 nitrogen and oxygen atoms in total. The monoisotopic (exact) mass is 289 g/mol. The summed E-state index contributed by atoms with van der Waals surface area (Å²) in [5.74, 6) is 1.89. The van der Waals surface area contributed by atoms with E-state index in [2.05, 4.69) is 4.98 Å². The third kappa shape index (κ3) is 3.71. The zero-order valence-electron chi connectivity index (χ0n) is 13.0. The van der Waals surface area contributed by atoms with Crippen molar-refractivity contribution in [3.8, 4) is 5.75 Å². The molecule has 112 valence electrons. The van der Waals surface area contributed by atoms with Crippen LogP contribution in [0.1, 0.15) is 40.3 Å². The number of nitrogens with zero attached hydrogens (tertiary/aromatic N) is 1. The summed E-state index contributed by atoms with van der Waals surface area (Å²) >= 11 is 0. The molecule has 0 aliphatic carbocycles. The van der Waals surface area contributed by atoms with Crippen molar-refractivity contribution in [3.05, 3.63) is 30.0 Å². The van der Waals surface area contributed by atoms with E-state index in [0.717, 1.165) is 5.69 Å². The van der Waals surface area contributed by atoms with Crippen LogP contribution in [0.15, 0.2) is 24.3 Å².